The molecular formula is C22H24N2O2S. The highest BCUT2D eigenvalue weighted by atomic mass is 32.2. The minimum absolute atomic E-state index is 0.0892. The second kappa shape index (κ2) is 7.33. The van der Waals surface area contributed by atoms with Gasteiger partial charge in [0.1, 0.15) is 0 Å². The summed E-state index contributed by atoms with van der Waals surface area (Å²) in [6, 6.07) is 21.5. The van der Waals surface area contributed by atoms with Crippen LogP contribution in [-0.2, 0) is 10.0 Å². The van der Waals surface area contributed by atoms with E-state index in [1.54, 1.807) is 12.1 Å². The summed E-state index contributed by atoms with van der Waals surface area (Å²) in [4.78, 5) is 0.324. The third-order valence-corrected chi connectivity index (χ3v) is 6.76. The maximum atomic E-state index is 12.7. The number of hydrogen-bond acceptors (Lipinski definition) is 3. The lowest BCUT2D eigenvalue weighted by Crippen LogP contribution is -2.43. The Balaban J connectivity index is 1.50. The quantitative estimate of drug-likeness (QED) is 0.687. The standard InChI is InChI=1S/C22H24N2O2S/c1-16-9-13-20(14-10-16)27(25,26)24-22-8-4-7-21(22)23-19-12-11-17-5-2-3-6-18(17)15-19/h2-3,5-6,9-15,21-24H,4,7-8H2,1H3/t21-,22-/m0/s1. The molecule has 1 saturated carbocycles. The topological polar surface area (TPSA) is 58.2 Å². The van der Waals surface area contributed by atoms with Crippen molar-refractivity contribution in [1.82, 2.24) is 4.72 Å². The maximum absolute atomic E-state index is 12.7. The normalized spacial score (nSPS) is 20.0. The van der Waals surface area contributed by atoms with Crippen molar-refractivity contribution in [3.8, 4) is 0 Å². The van der Waals surface area contributed by atoms with Gasteiger partial charge in [0.25, 0.3) is 0 Å². The first-order chi connectivity index (χ1) is 13.0. The number of aryl methyl sites for hydroxylation is 1. The van der Waals surface area contributed by atoms with Gasteiger partial charge in [0.2, 0.25) is 10.0 Å². The third-order valence-electron chi connectivity index (χ3n) is 5.26. The zero-order chi connectivity index (χ0) is 18.9. The van der Waals surface area contributed by atoms with Crippen molar-refractivity contribution in [3.63, 3.8) is 0 Å². The van der Waals surface area contributed by atoms with E-state index in [9.17, 15) is 8.42 Å². The molecule has 0 unspecified atom stereocenters. The predicted octanol–water partition coefficient (Wildman–Crippen LogP) is 4.46. The van der Waals surface area contributed by atoms with Crippen molar-refractivity contribution in [2.24, 2.45) is 0 Å². The highest BCUT2D eigenvalue weighted by Crippen LogP contribution is 2.26. The average molecular weight is 381 g/mol. The molecule has 5 heteroatoms. The van der Waals surface area contributed by atoms with Gasteiger partial charge in [-0.1, -0.05) is 48.0 Å². The molecule has 0 spiro atoms. The van der Waals surface area contributed by atoms with E-state index in [1.807, 2.05) is 31.2 Å². The van der Waals surface area contributed by atoms with Gasteiger partial charge in [0, 0.05) is 17.8 Å². The Morgan fingerprint density at radius 1 is 0.852 bits per heavy atom. The van der Waals surface area contributed by atoms with E-state index in [-0.39, 0.29) is 12.1 Å². The van der Waals surface area contributed by atoms with Crippen LogP contribution in [-0.4, -0.2) is 20.5 Å². The second-order valence-corrected chi connectivity index (χ2v) is 9.00. The molecule has 0 aromatic heterocycles. The first kappa shape index (κ1) is 18.0. The van der Waals surface area contributed by atoms with Crippen molar-refractivity contribution in [2.45, 2.75) is 43.2 Å². The van der Waals surface area contributed by atoms with Crippen molar-refractivity contribution in [3.05, 3.63) is 72.3 Å². The molecule has 140 valence electrons. The van der Waals surface area contributed by atoms with Crippen LogP contribution in [0.2, 0.25) is 0 Å². The maximum Gasteiger partial charge on any atom is 0.240 e. The Labute approximate surface area is 160 Å². The summed E-state index contributed by atoms with van der Waals surface area (Å²) in [5, 5.41) is 5.92. The molecule has 4 nitrogen and oxygen atoms in total. The van der Waals surface area contributed by atoms with Gasteiger partial charge >= 0.3 is 0 Å². The molecule has 1 fully saturated rings. The lowest BCUT2D eigenvalue weighted by atomic mass is 10.1. The van der Waals surface area contributed by atoms with E-state index in [4.69, 9.17) is 0 Å². The molecule has 0 radical (unpaired) electrons. The van der Waals surface area contributed by atoms with Crippen LogP contribution < -0.4 is 10.0 Å². The van der Waals surface area contributed by atoms with E-state index in [1.165, 1.54) is 10.8 Å². The van der Waals surface area contributed by atoms with Gasteiger partial charge in [-0.2, -0.15) is 0 Å². The van der Waals surface area contributed by atoms with Gasteiger partial charge < -0.3 is 5.32 Å². The molecular weight excluding hydrogens is 356 g/mol. The van der Waals surface area contributed by atoms with Crippen molar-refractivity contribution in [2.75, 3.05) is 5.32 Å². The largest absolute Gasteiger partial charge is 0.381 e. The van der Waals surface area contributed by atoms with Crippen LogP contribution in [0.1, 0.15) is 24.8 Å². The summed E-state index contributed by atoms with van der Waals surface area (Å²) in [5.74, 6) is 0. The molecule has 0 heterocycles. The summed E-state index contributed by atoms with van der Waals surface area (Å²) in [7, 11) is -3.51. The molecule has 2 atom stereocenters. The average Bonchev–Trinajstić information content (AvgIpc) is 3.08. The first-order valence-electron chi connectivity index (χ1n) is 9.36. The van der Waals surface area contributed by atoms with E-state index >= 15 is 0 Å². The second-order valence-electron chi connectivity index (χ2n) is 7.28. The van der Waals surface area contributed by atoms with Gasteiger partial charge in [-0.25, -0.2) is 13.1 Å². The van der Waals surface area contributed by atoms with Crippen LogP contribution in [0.15, 0.2) is 71.6 Å². The minimum atomic E-state index is -3.51. The number of fused-ring (bicyclic) bond motifs is 1. The molecule has 0 aliphatic heterocycles. The zero-order valence-electron chi connectivity index (χ0n) is 15.4. The highest BCUT2D eigenvalue weighted by Gasteiger charge is 2.31. The lowest BCUT2D eigenvalue weighted by Gasteiger charge is -2.23. The summed E-state index contributed by atoms with van der Waals surface area (Å²) in [6.45, 7) is 1.95. The van der Waals surface area contributed by atoms with Crippen LogP contribution in [0.25, 0.3) is 10.8 Å². The van der Waals surface area contributed by atoms with Gasteiger partial charge in [0.05, 0.1) is 4.90 Å². The van der Waals surface area contributed by atoms with Crippen molar-refractivity contribution in [1.29, 1.82) is 0 Å². The Morgan fingerprint density at radius 2 is 1.56 bits per heavy atom. The van der Waals surface area contributed by atoms with Crippen molar-refractivity contribution >= 4 is 26.5 Å². The van der Waals surface area contributed by atoms with E-state index < -0.39 is 10.0 Å². The third kappa shape index (κ3) is 3.99. The number of hydrogen-bond donors (Lipinski definition) is 2. The molecule has 4 rings (SSSR count). The summed E-state index contributed by atoms with van der Waals surface area (Å²) in [5.41, 5.74) is 2.07. The molecule has 1 aliphatic rings. The Hall–Kier alpha value is -2.37. The molecule has 0 saturated heterocycles. The summed E-state index contributed by atoms with van der Waals surface area (Å²) in [6.07, 6.45) is 2.80. The van der Waals surface area contributed by atoms with Crippen LogP contribution in [0, 0.1) is 6.92 Å². The van der Waals surface area contributed by atoms with E-state index in [0.717, 1.165) is 30.5 Å². The molecule has 2 N–H and O–H groups in total. The molecule has 0 amide bonds. The number of rotatable bonds is 5. The smallest absolute Gasteiger partial charge is 0.240 e. The van der Waals surface area contributed by atoms with Crippen LogP contribution in [0.3, 0.4) is 0 Å². The lowest BCUT2D eigenvalue weighted by molar-refractivity contribution is 0.535. The number of nitrogens with one attached hydrogen (secondary N) is 2. The fourth-order valence-corrected chi connectivity index (χ4v) is 5.06. The monoisotopic (exact) mass is 380 g/mol. The molecule has 3 aromatic carbocycles. The summed E-state index contributed by atoms with van der Waals surface area (Å²) >= 11 is 0. The molecule has 3 aromatic rings. The van der Waals surface area contributed by atoms with Crippen LogP contribution >= 0.6 is 0 Å². The van der Waals surface area contributed by atoms with E-state index in [0.29, 0.717) is 4.90 Å². The molecule has 1 aliphatic carbocycles. The zero-order valence-corrected chi connectivity index (χ0v) is 16.2. The van der Waals surface area contributed by atoms with Gasteiger partial charge in [0.15, 0.2) is 0 Å². The predicted molar refractivity (Wildman–Crippen MR) is 110 cm³/mol. The van der Waals surface area contributed by atoms with Gasteiger partial charge in [-0.05, 0) is 61.2 Å². The fraction of sp³-hybridized carbons (Fsp3) is 0.273. The number of anilines is 1. The minimum Gasteiger partial charge on any atom is -0.381 e. The van der Waals surface area contributed by atoms with E-state index in [2.05, 4.69) is 40.4 Å². The first-order valence-corrected chi connectivity index (χ1v) is 10.8. The SMILES string of the molecule is Cc1ccc(S(=O)(=O)N[C@H]2CCC[C@@H]2Nc2ccc3ccccc3c2)cc1. The Morgan fingerprint density at radius 3 is 2.33 bits per heavy atom. The Bertz CT molecular complexity index is 1050. The highest BCUT2D eigenvalue weighted by molar-refractivity contribution is 7.89. The number of sulfonamides is 1. The summed E-state index contributed by atoms with van der Waals surface area (Å²) < 4.78 is 28.4. The van der Waals surface area contributed by atoms with Gasteiger partial charge in [-0.15, -0.1) is 0 Å². The molecule has 27 heavy (non-hydrogen) atoms. The van der Waals surface area contributed by atoms with Gasteiger partial charge in [-0.3, -0.25) is 0 Å². The van der Waals surface area contributed by atoms with Crippen molar-refractivity contribution < 1.29 is 8.42 Å². The van der Waals surface area contributed by atoms with Crippen LogP contribution in [0.5, 0.6) is 0 Å². The Kier molecular flexibility index (Phi) is 4.89. The fourth-order valence-electron chi connectivity index (χ4n) is 3.75. The number of benzene rings is 3. The molecule has 0 bridgehead atoms. The van der Waals surface area contributed by atoms with Crippen LogP contribution in [0.4, 0.5) is 5.69 Å².